The number of nitrogens with one attached hydrogen (secondary N) is 2. The number of ether oxygens (including phenoxy) is 2. The molecule has 7 nitrogen and oxygen atoms in total. The first-order valence-corrected chi connectivity index (χ1v) is 8.90. The summed E-state index contributed by atoms with van der Waals surface area (Å²) in [6.45, 7) is 6.06. The lowest BCUT2D eigenvalue weighted by atomic mass is 10.1. The number of fused-ring (bicyclic) bond motifs is 1. The van der Waals surface area contributed by atoms with Crippen molar-refractivity contribution < 1.29 is 13.9 Å². The van der Waals surface area contributed by atoms with Gasteiger partial charge in [0.1, 0.15) is 19.0 Å². The van der Waals surface area contributed by atoms with Gasteiger partial charge >= 0.3 is 0 Å². The molecule has 0 amide bonds. The fraction of sp³-hybridized carbons (Fsp3) is 0.444. The van der Waals surface area contributed by atoms with Gasteiger partial charge in [0.2, 0.25) is 5.89 Å². The van der Waals surface area contributed by atoms with E-state index in [-0.39, 0.29) is 0 Å². The minimum absolute atomic E-state index is 0.476. The van der Waals surface area contributed by atoms with E-state index in [1.807, 2.05) is 26.0 Å². The summed E-state index contributed by atoms with van der Waals surface area (Å²) in [6, 6.07) is 3.88. The van der Waals surface area contributed by atoms with Crippen molar-refractivity contribution in [2.75, 3.05) is 26.8 Å². The third-order valence-electron chi connectivity index (χ3n) is 4.07. The van der Waals surface area contributed by atoms with E-state index in [0.717, 1.165) is 23.4 Å². The normalized spacial score (nSPS) is 13.6. The first-order chi connectivity index (χ1) is 12.6. The van der Waals surface area contributed by atoms with Crippen molar-refractivity contribution in [3.8, 4) is 11.5 Å². The molecular formula is C18H23ClN4O3. The second-order valence-electron chi connectivity index (χ2n) is 5.95. The van der Waals surface area contributed by atoms with Crippen LogP contribution in [-0.4, -0.2) is 37.7 Å². The number of nitrogens with zero attached hydrogens (tertiary/aromatic N) is 2. The molecule has 1 aromatic carbocycles. The Hall–Kier alpha value is -2.41. The molecule has 26 heavy (non-hydrogen) atoms. The molecule has 2 aromatic rings. The standard InChI is InChI=1S/C18H23ClN4O3/c1-11-12(2)26-16(23-11)10-22-18(20-3)21-5-4-13-8-14(19)17-15(9-13)24-6-7-25-17/h8-9H,4-7,10H2,1-3H3,(H2,20,21,22). The number of hydrogen-bond acceptors (Lipinski definition) is 5. The van der Waals surface area contributed by atoms with Crippen LogP contribution < -0.4 is 20.1 Å². The monoisotopic (exact) mass is 378 g/mol. The molecule has 2 heterocycles. The van der Waals surface area contributed by atoms with Gasteiger partial charge in [-0.1, -0.05) is 11.6 Å². The van der Waals surface area contributed by atoms with Crippen LogP contribution in [0.3, 0.4) is 0 Å². The van der Waals surface area contributed by atoms with Crippen molar-refractivity contribution in [2.45, 2.75) is 26.8 Å². The van der Waals surface area contributed by atoms with Gasteiger partial charge in [0.25, 0.3) is 0 Å². The summed E-state index contributed by atoms with van der Waals surface area (Å²) in [7, 11) is 1.72. The second-order valence-corrected chi connectivity index (χ2v) is 6.36. The Bertz CT molecular complexity index is 784. The molecule has 1 aromatic heterocycles. The minimum atomic E-state index is 0.476. The Kier molecular flexibility index (Phi) is 5.88. The first-order valence-electron chi connectivity index (χ1n) is 8.52. The predicted molar refractivity (Wildman–Crippen MR) is 100 cm³/mol. The van der Waals surface area contributed by atoms with Crippen LogP contribution in [0.4, 0.5) is 0 Å². The van der Waals surface area contributed by atoms with Crippen molar-refractivity contribution in [1.29, 1.82) is 0 Å². The molecule has 0 bridgehead atoms. The number of hydrogen-bond donors (Lipinski definition) is 2. The number of aliphatic imine (C=N–C) groups is 1. The quantitative estimate of drug-likeness (QED) is 0.615. The van der Waals surface area contributed by atoms with Crippen molar-refractivity contribution in [1.82, 2.24) is 15.6 Å². The topological polar surface area (TPSA) is 80.9 Å². The van der Waals surface area contributed by atoms with E-state index >= 15 is 0 Å². The van der Waals surface area contributed by atoms with Gasteiger partial charge in [-0.2, -0.15) is 0 Å². The molecule has 0 radical (unpaired) electrons. The fourth-order valence-corrected chi connectivity index (χ4v) is 2.92. The highest BCUT2D eigenvalue weighted by Gasteiger charge is 2.16. The molecule has 0 unspecified atom stereocenters. The van der Waals surface area contributed by atoms with Crippen LogP contribution in [0.2, 0.25) is 5.02 Å². The predicted octanol–water partition coefficient (Wildman–Crippen LogP) is 2.62. The van der Waals surface area contributed by atoms with Crippen molar-refractivity contribution in [2.24, 2.45) is 4.99 Å². The summed E-state index contributed by atoms with van der Waals surface area (Å²) < 4.78 is 16.7. The third-order valence-corrected chi connectivity index (χ3v) is 4.35. The van der Waals surface area contributed by atoms with Gasteiger partial charge in [-0.05, 0) is 38.0 Å². The van der Waals surface area contributed by atoms with E-state index in [4.69, 9.17) is 25.5 Å². The van der Waals surface area contributed by atoms with Crippen molar-refractivity contribution in [3.63, 3.8) is 0 Å². The number of oxazole rings is 1. The lowest BCUT2D eigenvalue weighted by molar-refractivity contribution is 0.171. The zero-order chi connectivity index (χ0) is 18.5. The summed E-state index contributed by atoms with van der Waals surface area (Å²) >= 11 is 6.27. The summed E-state index contributed by atoms with van der Waals surface area (Å²) in [5, 5.41) is 7.03. The molecule has 0 saturated carbocycles. The lowest BCUT2D eigenvalue weighted by Crippen LogP contribution is -2.37. The smallest absolute Gasteiger partial charge is 0.214 e. The number of rotatable bonds is 5. The number of halogens is 1. The largest absolute Gasteiger partial charge is 0.486 e. The van der Waals surface area contributed by atoms with Crippen molar-refractivity contribution in [3.05, 3.63) is 40.1 Å². The number of guanidine groups is 1. The highest BCUT2D eigenvalue weighted by atomic mass is 35.5. The van der Waals surface area contributed by atoms with Crippen LogP contribution in [0, 0.1) is 13.8 Å². The molecular weight excluding hydrogens is 356 g/mol. The first kappa shape index (κ1) is 18.4. The van der Waals surface area contributed by atoms with Gasteiger partial charge in [-0.25, -0.2) is 4.98 Å². The van der Waals surface area contributed by atoms with Crippen LogP contribution in [-0.2, 0) is 13.0 Å². The van der Waals surface area contributed by atoms with Gasteiger partial charge in [0, 0.05) is 13.6 Å². The molecule has 0 spiro atoms. The highest BCUT2D eigenvalue weighted by molar-refractivity contribution is 6.32. The van der Waals surface area contributed by atoms with Crippen LogP contribution >= 0.6 is 11.6 Å². The Labute approximate surface area is 157 Å². The maximum Gasteiger partial charge on any atom is 0.214 e. The van der Waals surface area contributed by atoms with Crippen LogP contribution in [0.1, 0.15) is 22.9 Å². The minimum Gasteiger partial charge on any atom is -0.486 e. The molecule has 2 N–H and O–H groups in total. The van der Waals surface area contributed by atoms with E-state index in [0.29, 0.717) is 54.7 Å². The zero-order valence-electron chi connectivity index (χ0n) is 15.2. The van der Waals surface area contributed by atoms with Gasteiger partial charge in [-0.3, -0.25) is 4.99 Å². The van der Waals surface area contributed by atoms with Gasteiger partial charge < -0.3 is 24.5 Å². The Morgan fingerprint density at radius 1 is 1.23 bits per heavy atom. The van der Waals surface area contributed by atoms with Crippen LogP contribution in [0.15, 0.2) is 21.5 Å². The molecule has 1 aliphatic heterocycles. The summed E-state index contributed by atoms with van der Waals surface area (Å²) in [5.41, 5.74) is 1.97. The van der Waals surface area contributed by atoms with Gasteiger partial charge in [0.05, 0.1) is 17.3 Å². The van der Waals surface area contributed by atoms with E-state index in [9.17, 15) is 0 Å². The summed E-state index contributed by atoms with van der Waals surface area (Å²) in [5.74, 6) is 3.49. The lowest BCUT2D eigenvalue weighted by Gasteiger charge is -2.20. The summed E-state index contributed by atoms with van der Waals surface area (Å²) in [4.78, 5) is 8.55. The number of benzene rings is 1. The van der Waals surface area contributed by atoms with Crippen LogP contribution in [0.5, 0.6) is 11.5 Å². The van der Waals surface area contributed by atoms with Gasteiger partial charge in [0.15, 0.2) is 17.5 Å². The molecule has 1 aliphatic rings. The Balaban J connectivity index is 1.50. The average molecular weight is 379 g/mol. The van der Waals surface area contributed by atoms with E-state index < -0.39 is 0 Å². The molecule has 0 aliphatic carbocycles. The van der Waals surface area contributed by atoms with E-state index in [1.54, 1.807) is 7.05 Å². The molecule has 3 rings (SSSR count). The maximum atomic E-state index is 6.27. The van der Waals surface area contributed by atoms with Crippen molar-refractivity contribution >= 4 is 17.6 Å². The maximum absolute atomic E-state index is 6.27. The molecule has 8 heteroatoms. The Morgan fingerprint density at radius 3 is 2.77 bits per heavy atom. The molecule has 0 fully saturated rings. The highest BCUT2D eigenvalue weighted by Crippen LogP contribution is 2.38. The average Bonchev–Trinajstić information content (AvgIpc) is 2.96. The SMILES string of the molecule is CN=C(NCCc1cc(Cl)c2c(c1)OCCO2)NCc1nc(C)c(C)o1. The van der Waals surface area contributed by atoms with E-state index in [2.05, 4.69) is 20.6 Å². The van der Waals surface area contributed by atoms with Gasteiger partial charge in [-0.15, -0.1) is 0 Å². The number of aromatic nitrogens is 1. The molecule has 0 atom stereocenters. The molecule has 140 valence electrons. The fourth-order valence-electron chi connectivity index (χ4n) is 2.63. The summed E-state index contributed by atoms with van der Waals surface area (Å²) in [6.07, 6.45) is 0.772. The number of aryl methyl sites for hydroxylation is 2. The molecule has 0 saturated heterocycles. The van der Waals surface area contributed by atoms with E-state index in [1.165, 1.54) is 0 Å². The third kappa shape index (κ3) is 4.40. The second kappa shape index (κ2) is 8.31. The Morgan fingerprint density at radius 2 is 2.04 bits per heavy atom. The van der Waals surface area contributed by atoms with Crippen LogP contribution in [0.25, 0.3) is 0 Å². The zero-order valence-corrected chi connectivity index (χ0v) is 15.9.